The average molecular weight is 282 g/mol. The van der Waals surface area contributed by atoms with Gasteiger partial charge >= 0.3 is 0 Å². The molecule has 1 aromatic carbocycles. The second-order valence-corrected chi connectivity index (χ2v) is 6.37. The van der Waals surface area contributed by atoms with Crippen molar-refractivity contribution in [2.24, 2.45) is 5.41 Å². The lowest BCUT2D eigenvalue weighted by Crippen LogP contribution is -2.21. The number of aromatic nitrogens is 2. The molecule has 2 nitrogen and oxygen atoms in total. The molecule has 0 bridgehead atoms. The first-order valence-corrected chi connectivity index (χ1v) is 6.90. The van der Waals surface area contributed by atoms with E-state index < -0.39 is 11.6 Å². The van der Waals surface area contributed by atoms with Crippen LogP contribution in [0.25, 0.3) is 11.0 Å². The van der Waals surface area contributed by atoms with E-state index in [1.165, 1.54) is 6.07 Å². The average Bonchev–Trinajstić information content (AvgIpc) is 2.78. The lowest BCUT2D eigenvalue weighted by molar-refractivity contribution is 0.263. The van der Waals surface area contributed by atoms with E-state index in [0.717, 1.165) is 25.3 Å². The van der Waals surface area contributed by atoms with E-state index in [9.17, 15) is 8.78 Å². The summed E-state index contributed by atoms with van der Waals surface area (Å²) in [6.45, 7) is 4.36. The van der Waals surface area contributed by atoms with E-state index in [4.69, 9.17) is 12.2 Å². The predicted molar refractivity (Wildman–Crippen MR) is 73.7 cm³/mol. The number of fused-ring (bicyclic) bond motifs is 1. The monoisotopic (exact) mass is 282 g/mol. The Morgan fingerprint density at radius 3 is 2.74 bits per heavy atom. The highest BCUT2D eigenvalue weighted by atomic mass is 32.1. The van der Waals surface area contributed by atoms with Crippen LogP contribution in [0.5, 0.6) is 0 Å². The van der Waals surface area contributed by atoms with E-state index in [2.05, 4.69) is 18.8 Å². The van der Waals surface area contributed by atoms with Crippen LogP contribution in [0.4, 0.5) is 8.78 Å². The summed E-state index contributed by atoms with van der Waals surface area (Å²) in [7, 11) is 0. The lowest BCUT2D eigenvalue weighted by atomic mass is 9.87. The van der Waals surface area contributed by atoms with Crippen LogP contribution in [0.1, 0.15) is 39.2 Å². The van der Waals surface area contributed by atoms with Gasteiger partial charge in [0.2, 0.25) is 0 Å². The van der Waals surface area contributed by atoms with Crippen LogP contribution < -0.4 is 0 Å². The maximum atomic E-state index is 13.8. The molecule has 1 N–H and O–H groups in total. The van der Waals surface area contributed by atoms with Crippen molar-refractivity contribution in [3.8, 4) is 0 Å². The highest BCUT2D eigenvalue weighted by Gasteiger charge is 2.37. The highest BCUT2D eigenvalue weighted by molar-refractivity contribution is 7.71. The molecular weight excluding hydrogens is 266 g/mol. The summed E-state index contributed by atoms with van der Waals surface area (Å²) in [6, 6.07) is 2.44. The molecule has 5 heteroatoms. The molecule has 102 valence electrons. The van der Waals surface area contributed by atoms with Crippen molar-refractivity contribution in [1.29, 1.82) is 0 Å². The number of rotatable bonds is 1. The smallest absolute Gasteiger partial charge is 0.178 e. The Balaban J connectivity index is 2.30. The fourth-order valence-electron chi connectivity index (χ4n) is 3.25. The van der Waals surface area contributed by atoms with Gasteiger partial charge in [-0.3, -0.25) is 0 Å². The summed E-state index contributed by atoms with van der Waals surface area (Å²) in [6.07, 6.45) is 3.21. The van der Waals surface area contributed by atoms with Gasteiger partial charge in [-0.25, -0.2) is 8.78 Å². The molecule has 1 aliphatic rings. The van der Waals surface area contributed by atoms with Crippen molar-refractivity contribution in [2.75, 3.05) is 0 Å². The molecule has 0 aliphatic heterocycles. The third-order valence-electron chi connectivity index (χ3n) is 4.26. The Morgan fingerprint density at radius 2 is 2.11 bits per heavy atom. The number of hydrogen-bond donors (Lipinski definition) is 1. The standard InChI is InChI=1S/C14H16F2N2S/c1-14(2)5-3-4-11(14)18-10-7-8(15)6-9(16)12(10)17-13(18)19/h6-7,11H,3-5H2,1-2H3,(H,17,19). The zero-order chi connectivity index (χ0) is 13.8. The third-order valence-corrected chi connectivity index (χ3v) is 4.56. The zero-order valence-electron chi connectivity index (χ0n) is 11.0. The van der Waals surface area contributed by atoms with Crippen LogP contribution in [0, 0.1) is 21.8 Å². The maximum Gasteiger partial charge on any atom is 0.178 e. The molecule has 1 unspecified atom stereocenters. The van der Waals surface area contributed by atoms with Gasteiger partial charge in [-0.15, -0.1) is 0 Å². The first kappa shape index (κ1) is 12.8. The Kier molecular flexibility index (Phi) is 2.78. The van der Waals surface area contributed by atoms with E-state index in [0.29, 0.717) is 15.8 Å². The van der Waals surface area contributed by atoms with Gasteiger partial charge in [-0.2, -0.15) is 0 Å². The third kappa shape index (κ3) is 1.91. The summed E-state index contributed by atoms with van der Waals surface area (Å²) in [4.78, 5) is 2.87. The normalized spacial score (nSPS) is 22.2. The quantitative estimate of drug-likeness (QED) is 0.750. The molecule has 1 aliphatic carbocycles. The number of nitrogens with one attached hydrogen (secondary N) is 1. The van der Waals surface area contributed by atoms with Crippen LogP contribution in [-0.2, 0) is 0 Å². The van der Waals surface area contributed by atoms with Crippen molar-refractivity contribution in [3.05, 3.63) is 28.5 Å². The van der Waals surface area contributed by atoms with Gasteiger partial charge < -0.3 is 9.55 Å². The van der Waals surface area contributed by atoms with Crippen LogP contribution in [-0.4, -0.2) is 9.55 Å². The minimum Gasteiger partial charge on any atom is -0.328 e. The Morgan fingerprint density at radius 1 is 1.37 bits per heavy atom. The number of imidazole rings is 1. The maximum absolute atomic E-state index is 13.8. The van der Waals surface area contributed by atoms with E-state index in [1.807, 2.05) is 4.57 Å². The molecule has 1 atom stereocenters. The summed E-state index contributed by atoms with van der Waals surface area (Å²) >= 11 is 5.31. The van der Waals surface area contributed by atoms with Gasteiger partial charge in [0.15, 0.2) is 10.6 Å². The molecule has 0 radical (unpaired) electrons. The second kappa shape index (κ2) is 4.13. The summed E-state index contributed by atoms with van der Waals surface area (Å²) in [5.41, 5.74) is 0.924. The van der Waals surface area contributed by atoms with Crippen LogP contribution in [0.3, 0.4) is 0 Å². The Labute approximate surface area is 115 Å². The molecule has 19 heavy (non-hydrogen) atoms. The first-order chi connectivity index (χ1) is 8.90. The topological polar surface area (TPSA) is 20.7 Å². The van der Waals surface area contributed by atoms with Crippen LogP contribution >= 0.6 is 12.2 Å². The van der Waals surface area contributed by atoms with E-state index >= 15 is 0 Å². The van der Waals surface area contributed by atoms with Crippen molar-refractivity contribution in [3.63, 3.8) is 0 Å². The molecule has 2 aromatic rings. The SMILES string of the molecule is CC1(C)CCCC1n1c(=S)[nH]c2c(F)cc(F)cc21. The van der Waals surface area contributed by atoms with Gasteiger partial charge in [0, 0.05) is 12.1 Å². The number of halogens is 2. The predicted octanol–water partition coefficient (Wildman–Crippen LogP) is 4.73. The minimum absolute atomic E-state index is 0.0934. The molecule has 1 fully saturated rings. The van der Waals surface area contributed by atoms with Crippen molar-refractivity contribution >= 4 is 23.3 Å². The molecule has 0 amide bonds. The minimum atomic E-state index is -0.587. The molecule has 1 aromatic heterocycles. The fourth-order valence-corrected chi connectivity index (χ4v) is 3.57. The van der Waals surface area contributed by atoms with Gasteiger partial charge in [-0.05, 0) is 36.5 Å². The van der Waals surface area contributed by atoms with Crippen molar-refractivity contribution in [2.45, 2.75) is 39.2 Å². The van der Waals surface area contributed by atoms with Crippen molar-refractivity contribution < 1.29 is 8.78 Å². The Bertz CT molecular complexity index is 699. The molecule has 1 heterocycles. The van der Waals surface area contributed by atoms with Crippen LogP contribution in [0.15, 0.2) is 12.1 Å². The van der Waals surface area contributed by atoms with Gasteiger partial charge in [0.25, 0.3) is 0 Å². The molecular formula is C14H16F2N2S. The first-order valence-electron chi connectivity index (χ1n) is 6.49. The number of aromatic amines is 1. The fraction of sp³-hybridized carbons (Fsp3) is 0.500. The largest absolute Gasteiger partial charge is 0.328 e. The molecule has 1 saturated carbocycles. The van der Waals surface area contributed by atoms with Crippen LogP contribution in [0.2, 0.25) is 0 Å². The second-order valence-electron chi connectivity index (χ2n) is 5.98. The Hall–Kier alpha value is -1.23. The zero-order valence-corrected chi connectivity index (χ0v) is 11.8. The highest BCUT2D eigenvalue weighted by Crippen LogP contribution is 2.47. The summed E-state index contributed by atoms with van der Waals surface area (Å²) < 4.78 is 29.6. The van der Waals surface area contributed by atoms with Crippen molar-refractivity contribution in [1.82, 2.24) is 9.55 Å². The van der Waals surface area contributed by atoms with Gasteiger partial charge in [0.1, 0.15) is 11.3 Å². The number of benzene rings is 1. The number of nitrogens with zero attached hydrogens (tertiary/aromatic N) is 1. The van der Waals surface area contributed by atoms with E-state index in [1.54, 1.807) is 0 Å². The molecule has 3 rings (SSSR count). The number of hydrogen-bond acceptors (Lipinski definition) is 1. The van der Waals surface area contributed by atoms with Gasteiger partial charge in [-0.1, -0.05) is 20.3 Å². The number of H-pyrrole nitrogens is 1. The van der Waals surface area contributed by atoms with Gasteiger partial charge in [0.05, 0.1) is 5.52 Å². The summed E-state index contributed by atoms with van der Waals surface area (Å²) in [5, 5.41) is 0. The molecule has 0 spiro atoms. The molecule has 0 saturated heterocycles. The van der Waals surface area contributed by atoms with E-state index in [-0.39, 0.29) is 11.5 Å². The lowest BCUT2D eigenvalue weighted by Gasteiger charge is -2.28. The summed E-state index contributed by atoms with van der Waals surface area (Å²) in [5.74, 6) is -1.15.